The molecule has 0 amide bonds. The molecule has 1 rings (SSSR count). The van der Waals surface area contributed by atoms with Gasteiger partial charge in [0.15, 0.2) is 0 Å². The molecule has 0 aromatic heterocycles. The fraction of sp³-hybridized carbons (Fsp3) is 0.600. The molecule has 3 heteroatoms. The molecular weight excluding hydrogens is 228 g/mol. The average Bonchev–Trinajstić information content (AvgIpc) is 2.48. The first kappa shape index (κ1) is 19.1. The van der Waals surface area contributed by atoms with Crippen LogP contribution >= 0.6 is 0 Å². The van der Waals surface area contributed by atoms with Crippen molar-refractivity contribution >= 4 is 0 Å². The van der Waals surface area contributed by atoms with Gasteiger partial charge in [0, 0.05) is 20.1 Å². The van der Waals surface area contributed by atoms with Crippen LogP contribution < -0.4 is 9.47 Å². The Balaban J connectivity index is 0. The van der Waals surface area contributed by atoms with Crippen LogP contribution in [0.2, 0.25) is 0 Å². The Morgan fingerprint density at radius 3 is 1.72 bits per heavy atom. The molecule has 0 aliphatic carbocycles. The summed E-state index contributed by atoms with van der Waals surface area (Å²) in [6, 6.07) is 7.55. The molecular formula is C15H28O3. The lowest BCUT2D eigenvalue weighted by Crippen LogP contribution is -2.01. The maximum atomic E-state index is 5.47. The molecule has 0 unspecified atom stereocenters. The van der Waals surface area contributed by atoms with Crippen LogP contribution in [0.3, 0.4) is 0 Å². The molecule has 0 aliphatic rings. The van der Waals surface area contributed by atoms with Gasteiger partial charge >= 0.3 is 0 Å². The van der Waals surface area contributed by atoms with Gasteiger partial charge in [0.1, 0.15) is 11.5 Å². The van der Waals surface area contributed by atoms with E-state index in [1.165, 1.54) is 0 Å². The van der Waals surface area contributed by atoms with Crippen LogP contribution in [0, 0.1) is 0 Å². The molecule has 0 saturated heterocycles. The largest absolute Gasteiger partial charge is 0.497 e. The number of ether oxygens (including phenoxy) is 3. The quantitative estimate of drug-likeness (QED) is 0.715. The molecule has 0 fully saturated rings. The number of methoxy groups -OCH3 is 2. The molecule has 1 aromatic rings. The van der Waals surface area contributed by atoms with Crippen LogP contribution in [0.1, 0.15) is 34.1 Å². The van der Waals surface area contributed by atoms with Crippen molar-refractivity contribution in [3.05, 3.63) is 24.3 Å². The van der Waals surface area contributed by atoms with Crippen LogP contribution in [-0.4, -0.2) is 27.4 Å². The lowest BCUT2D eigenvalue weighted by molar-refractivity contribution is 0.172. The number of hydrogen-bond acceptors (Lipinski definition) is 3. The Hall–Kier alpha value is -1.22. The first-order chi connectivity index (χ1) is 8.86. The number of hydrogen-bond donors (Lipinski definition) is 0. The van der Waals surface area contributed by atoms with Gasteiger partial charge in [-0.3, -0.25) is 0 Å². The summed E-state index contributed by atoms with van der Waals surface area (Å²) in [5, 5.41) is 0. The summed E-state index contributed by atoms with van der Waals surface area (Å²) in [4.78, 5) is 0. The van der Waals surface area contributed by atoms with Gasteiger partial charge in [0.25, 0.3) is 0 Å². The van der Waals surface area contributed by atoms with Crippen LogP contribution in [0.15, 0.2) is 24.3 Å². The minimum atomic E-state index is 0.681. The van der Waals surface area contributed by atoms with Gasteiger partial charge in [-0.15, -0.1) is 0 Å². The van der Waals surface area contributed by atoms with Crippen LogP contribution in [0.5, 0.6) is 11.5 Å². The predicted octanol–water partition coefficient (Wildman–Crippen LogP) is 4.16. The fourth-order valence-corrected chi connectivity index (χ4v) is 1.07. The molecule has 0 spiro atoms. The Morgan fingerprint density at radius 2 is 1.28 bits per heavy atom. The Kier molecular flexibility index (Phi) is 16.8. The monoisotopic (exact) mass is 256 g/mol. The van der Waals surface area contributed by atoms with Gasteiger partial charge in [-0.05, 0) is 24.3 Å². The Labute approximate surface area is 112 Å². The number of rotatable bonds is 6. The highest BCUT2D eigenvalue weighted by Gasteiger charge is 1.94. The molecule has 0 atom stereocenters. The first-order valence-electron chi connectivity index (χ1n) is 6.62. The lowest BCUT2D eigenvalue weighted by Gasteiger charge is -2.06. The smallest absolute Gasteiger partial charge is 0.119 e. The maximum absolute atomic E-state index is 5.47. The molecule has 0 aliphatic heterocycles. The Bertz CT molecular complexity index is 244. The molecule has 0 saturated carbocycles. The van der Waals surface area contributed by atoms with Crippen LogP contribution in [0.4, 0.5) is 0 Å². The molecule has 0 heterocycles. The van der Waals surface area contributed by atoms with E-state index in [0.717, 1.165) is 24.5 Å². The van der Waals surface area contributed by atoms with E-state index in [4.69, 9.17) is 14.2 Å². The summed E-state index contributed by atoms with van der Waals surface area (Å²) < 4.78 is 15.4. The van der Waals surface area contributed by atoms with Gasteiger partial charge in [-0.1, -0.05) is 27.7 Å². The standard InChI is InChI=1S/C11H16O3.2C2H6/c1-12-8-3-9-14-11-6-4-10(13-2)5-7-11;2*1-2/h4-7H,3,8-9H2,1-2H3;2*1-2H3. The van der Waals surface area contributed by atoms with E-state index < -0.39 is 0 Å². The molecule has 0 N–H and O–H groups in total. The van der Waals surface area contributed by atoms with Gasteiger partial charge in [0.05, 0.1) is 13.7 Å². The summed E-state index contributed by atoms with van der Waals surface area (Å²) in [5.41, 5.74) is 0. The van der Waals surface area contributed by atoms with Gasteiger partial charge in [-0.2, -0.15) is 0 Å². The van der Waals surface area contributed by atoms with E-state index >= 15 is 0 Å². The van der Waals surface area contributed by atoms with Crippen molar-refractivity contribution < 1.29 is 14.2 Å². The first-order valence-corrected chi connectivity index (χ1v) is 6.62. The zero-order valence-corrected chi connectivity index (χ0v) is 12.7. The molecule has 0 bridgehead atoms. The van der Waals surface area contributed by atoms with Crippen molar-refractivity contribution in [2.24, 2.45) is 0 Å². The second kappa shape index (κ2) is 15.8. The third-order valence-electron chi connectivity index (χ3n) is 1.82. The molecule has 0 radical (unpaired) electrons. The van der Waals surface area contributed by atoms with Crippen molar-refractivity contribution in [2.75, 3.05) is 27.4 Å². The SMILES string of the molecule is CC.CC.COCCCOc1ccc(OC)cc1. The summed E-state index contributed by atoms with van der Waals surface area (Å²) in [6.45, 7) is 9.41. The maximum Gasteiger partial charge on any atom is 0.119 e. The highest BCUT2D eigenvalue weighted by Crippen LogP contribution is 2.16. The van der Waals surface area contributed by atoms with Gasteiger partial charge in [0.2, 0.25) is 0 Å². The van der Waals surface area contributed by atoms with E-state index in [9.17, 15) is 0 Å². The number of benzene rings is 1. The van der Waals surface area contributed by atoms with Gasteiger partial charge in [-0.25, -0.2) is 0 Å². The van der Waals surface area contributed by atoms with E-state index in [2.05, 4.69) is 0 Å². The fourth-order valence-electron chi connectivity index (χ4n) is 1.07. The summed E-state index contributed by atoms with van der Waals surface area (Å²) in [5.74, 6) is 1.70. The van der Waals surface area contributed by atoms with Crippen LogP contribution in [-0.2, 0) is 4.74 Å². The second-order valence-corrected chi connectivity index (χ2v) is 2.87. The van der Waals surface area contributed by atoms with E-state index in [0.29, 0.717) is 6.61 Å². The minimum absolute atomic E-state index is 0.681. The van der Waals surface area contributed by atoms with Crippen molar-refractivity contribution in [1.29, 1.82) is 0 Å². The summed E-state index contributed by atoms with van der Waals surface area (Å²) in [6.07, 6.45) is 0.905. The van der Waals surface area contributed by atoms with E-state index in [1.807, 2.05) is 52.0 Å². The second-order valence-electron chi connectivity index (χ2n) is 2.87. The molecule has 106 valence electrons. The van der Waals surface area contributed by atoms with Crippen molar-refractivity contribution in [3.8, 4) is 11.5 Å². The summed E-state index contributed by atoms with van der Waals surface area (Å²) >= 11 is 0. The lowest BCUT2D eigenvalue weighted by atomic mass is 10.3. The predicted molar refractivity (Wildman–Crippen MR) is 77.7 cm³/mol. The zero-order chi connectivity index (χ0) is 14.2. The summed E-state index contributed by atoms with van der Waals surface area (Å²) in [7, 11) is 3.34. The van der Waals surface area contributed by atoms with Crippen molar-refractivity contribution in [2.45, 2.75) is 34.1 Å². The third-order valence-corrected chi connectivity index (χ3v) is 1.82. The normalized spacial score (nSPS) is 8.33. The highest BCUT2D eigenvalue weighted by molar-refractivity contribution is 5.30. The molecule has 3 nitrogen and oxygen atoms in total. The van der Waals surface area contributed by atoms with Crippen molar-refractivity contribution in [1.82, 2.24) is 0 Å². The van der Waals surface area contributed by atoms with Gasteiger partial charge < -0.3 is 14.2 Å². The van der Waals surface area contributed by atoms with E-state index in [-0.39, 0.29) is 0 Å². The minimum Gasteiger partial charge on any atom is -0.497 e. The zero-order valence-electron chi connectivity index (χ0n) is 12.7. The van der Waals surface area contributed by atoms with E-state index in [1.54, 1.807) is 14.2 Å². The molecule has 18 heavy (non-hydrogen) atoms. The molecule has 1 aromatic carbocycles. The van der Waals surface area contributed by atoms with Crippen LogP contribution in [0.25, 0.3) is 0 Å². The topological polar surface area (TPSA) is 27.7 Å². The average molecular weight is 256 g/mol. The van der Waals surface area contributed by atoms with Crippen molar-refractivity contribution in [3.63, 3.8) is 0 Å². The Morgan fingerprint density at radius 1 is 0.778 bits per heavy atom. The third kappa shape index (κ3) is 9.97. The highest BCUT2D eigenvalue weighted by atomic mass is 16.5.